The van der Waals surface area contributed by atoms with E-state index in [9.17, 15) is 22.0 Å². The largest absolute Gasteiger partial charge is 0.396 e. The number of nitrogens with zero attached hydrogens (tertiary/aromatic N) is 1. The summed E-state index contributed by atoms with van der Waals surface area (Å²) in [4.78, 5) is 13.2. The maximum absolute atomic E-state index is 13.5. The third-order valence-corrected chi connectivity index (χ3v) is 4.56. The number of sulfone groups is 1. The highest BCUT2D eigenvalue weighted by Crippen LogP contribution is 2.19. The fourth-order valence-corrected chi connectivity index (χ4v) is 3.02. The van der Waals surface area contributed by atoms with Gasteiger partial charge in [0.2, 0.25) is 0 Å². The minimum absolute atomic E-state index is 0.00210. The van der Waals surface area contributed by atoms with Crippen LogP contribution >= 0.6 is 0 Å². The molecule has 1 aromatic carbocycles. The Bertz CT molecular complexity index is 617. The van der Waals surface area contributed by atoms with E-state index in [2.05, 4.69) is 0 Å². The zero-order chi connectivity index (χ0) is 14.2. The topological polar surface area (TPSA) is 80.5 Å². The van der Waals surface area contributed by atoms with Gasteiger partial charge in [-0.3, -0.25) is 4.79 Å². The first-order chi connectivity index (χ1) is 8.80. The summed E-state index contributed by atoms with van der Waals surface area (Å²) < 4.78 is 49.0. The number of nitrogen functional groups attached to an aromatic ring is 1. The minimum Gasteiger partial charge on any atom is -0.396 e. The van der Waals surface area contributed by atoms with Crippen LogP contribution in [0, 0.1) is 11.6 Å². The average Bonchev–Trinajstić information content (AvgIpc) is 2.33. The summed E-state index contributed by atoms with van der Waals surface area (Å²) in [5, 5.41) is 0. The van der Waals surface area contributed by atoms with E-state index in [1.54, 1.807) is 0 Å². The Kier molecular flexibility index (Phi) is 3.44. The van der Waals surface area contributed by atoms with Gasteiger partial charge in [-0.1, -0.05) is 0 Å². The standard InChI is InChI=1S/C11H12F2N2O3S/c12-8-6-9(13)10(14)5-7(8)11(16)15-1-3-19(17,18)4-2-15/h5-6H,1-4,14H2. The van der Waals surface area contributed by atoms with E-state index in [-0.39, 0.29) is 35.8 Å². The summed E-state index contributed by atoms with van der Waals surface area (Å²) in [5.41, 5.74) is 4.62. The lowest BCUT2D eigenvalue weighted by molar-refractivity contribution is 0.0765. The van der Waals surface area contributed by atoms with Crippen molar-refractivity contribution in [2.45, 2.75) is 0 Å². The van der Waals surface area contributed by atoms with Crippen LogP contribution in [-0.4, -0.2) is 43.8 Å². The van der Waals surface area contributed by atoms with E-state index in [0.717, 1.165) is 6.07 Å². The first kappa shape index (κ1) is 13.7. The number of anilines is 1. The molecule has 1 amide bonds. The van der Waals surface area contributed by atoms with Crippen LogP contribution in [0.1, 0.15) is 10.4 Å². The van der Waals surface area contributed by atoms with E-state index in [0.29, 0.717) is 6.07 Å². The Morgan fingerprint density at radius 2 is 1.74 bits per heavy atom. The molecule has 0 unspecified atom stereocenters. The molecule has 0 aliphatic carbocycles. The molecule has 2 rings (SSSR count). The number of carbonyl (C=O) groups excluding carboxylic acids is 1. The molecule has 1 aliphatic rings. The van der Waals surface area contributed by atoms with E-state index in [1.165, 1.54) is 4.90 Å². The fourth-order valence-electron chi connectivity index (χ4n) is 1.82. The van der Waals surface area contributed by atoms with Gasteiger partial charge in [0.15, 0.2) is 9.84 Å². The second kappa shape index (κ2) is 4.76. The van der Waals surface area contributed by atoms with Crippen LogP contribution in [0.25, 0.3) is 0 Å². The highest BCUT2D eigenvalue weighted by Gasteiger charge is 2.27. The van der Waals surface area contributed by atoms with Gasteiger partial charge < -0.3 is 10.6 Å². The van der Waals surface area contributed by atoms with Crippen LogP contribution in [0.3, 0.4) is 0 Å². The van der Waals surface area contributed by atoms with Gasteiger partial charge in [0.1, 0.15) is 11.6 Å². The Labute approximate surface area is 108 Å². The lowest BCUT2D eigenvalue weighted by atomic mass is 10.1. The molecule has 1 saturated heterocycles. The van der Waals surface area contributed by atoms with E-state index >= 15 is 0 Å². The van der Waals surface area contributed by atoms with Gasteiger partial charge in [-0.2, -0.15) is 0 Å². The van der Waals surface area contributed by atoms with E-state index in [4.69, 9.17) is 5.73 Å². The molecule has 1 aliphatic heterocycles. The smallest absolute Gasteiger partial charge is 0.256 e. The van der Waals surface area contributed by atoms with Crippen LogP contribution < -0.4 is 5.73 Å². The highest BCUT2D eigenvalue weighted by molar-refractivity contribution is 7.91. The molecule has 2 N–H and O–H groups in total. The quantitative estimate of drug-likeness (QED) is 0.760. The van der Waals surface area contributed by atoms with E-state index in [1.807, 2.05) is 0 Å². The van der Waals surface area contributed by atoms with Gasteiger partial charge in [0.25, 0.3) is 5.91 Å². The predicted octanol–water partition coefficient (Wildman–Crippen LogP) is 0.418. The van der Waals surface area contributed by atoms with Crippen molar-refractivity contribution in [2.75, 3.05) is 30.3 Å². The number of hydrogen-bond acceptors (Lipinski definition) is 4. The van der Waals surface area contributed by atoms with Crippen LogP contribution in [0.4, 0.5) is 14.5 Å². The monoisotopic (exact) mass is 290 g/mol. The van der Waals surface area contributed by atoms with Crippen molar-refractivity contribution in [3.8, 4) is 0 Å². The Morgan fingerprint density at radius 1 is 1.16 bits per heavy atom. The van der Waals surface area contributed by atoms with Crippen molar-refractivity contribution < 1.29 is 22.0 Å². The Hall–Kier alpha value is -1.70. The van der Waals surface area contributed by atoms with Gasteiger partial charge in [-0.05, 0) is 6.07 Å². The molecule has 0 bridgehead atoms. The van der Waals surface area contributed by atoms with Crippen LogP contribution in [0.2, 0.25) is 0 Å². The second-order valence-electron chi connectivity index (χ2n) is 4.30. The molecule has 0 saturated carbocycles. The second-order valence-corrected chi connectivity index (χ2v) is 6.60. The van der Waals surface area contributed by atoms with Crippen molar-refractivity contribution in [3.05, 3.63) is 29.3 Å². The number of halogens is 2. The molecule has 0 spiro atoms. The Morgan fingerprint density at radius 3 is 2.32 bits per heavy atom. The van der Waals surface area contributed by atoms with Gasteiger partial charge in [0, 0.05) is 19.2 Å². The van der Waals surface area contributed by atoms with Gasteiger partial charge in [-0.15, -0.1) is 0 Å². The third kappa shape index (κ3) is 2.83. The number of benzene rings is 1. The van der Waals surface area contributed by atoms with Gasteiger partial charge in [0.05, 0.1) is 22.8 Å². The number of carbonyl (C=O) groups is 1. The van der Waals surface area contributed by atoms with Crippen LogP contribution in [-0.2, 0) is 9.84 Å². The molecule has 1 fully saturated rings. The first-order valence-electron chi connectivity index (χ1n) is 5.54. The zero-order valence-electron chi connectivity index (χ0n) is 9.90. The van der Waals surface area contributed by atoms with E-state index < -0.39 is 27.4 Å². The maximum Gasteiger partial charge on any atom is 0.256 e. The summed E-state index contributed by atoms with van der Waals surface area (Å²) in [6.45, 7) is -0.00419. The lowest BCUT2D eigenvalue weighted by Gasteiger charge is -2.27. The van der Waals surface area contributed by atoms with Crippen molar-refractivity contribution in [3.63, 3.8) is 0 Å². The summed E-state index contributed by atoms with van der Waals surface area (Å²) in [7, 11) is -3.13. The molecule has 1 aromatic rings. The van der Waals surface area contributed by atoms with Crippen molar-refractivity contribution >= 4 is 21.4 Å². The number of nitrogens with two attached hydrogens (primary N) is 1. The van der Waals surface area contributed by atoms with Crippen molar-refractivity contribution in [1.29, 1.82) is 0 Å². The normalized spacial score (nSPS) is 18.3. The molecular weight excluding hydrogens is 278 g/mol. The molecule has 104 valence electrons. The van der Waals surface area contributed by atoms with Gasteiger partial charge >= 0.3 is 0 Å². The number of amides is 1. The average molecular weight is 290 g/mol. The van der Waals surface area contributed by atoms with Crippen molar-refractivity contribution in [1.82, 2.24) is 4.90 Å². The zero-order valence-corrected chi connectivity index (χ0v) is 10.7. The highest BCUT2D eigenvalue weighted by atomic mass is 32.2. The van der Waals surface area contributed by atoms with Crippen LogP contribution in [0.5, 0.6) is 0 Å². The first-order valence-corrected chi connectivity index (χ1v) is 7.36. The third-order valence-electron chi connectivity index (χ3n) is 2.95. The molecule has 5 nitrogen and oxygen atoms in total. The summed E-state index contributed by atoms with van der Waals surface area (Å²) in [5.74, 6) is -2.94. The lowest BCUT2D eigenvalue weighted by Crippen LogP contribution is -2.44. The molecular formula is C11H12F2N2O3S. The summed E-state index contributed by atoms with van der Waals surface area (Å²) in [6.07, 6.45) is 0. The molecule has 0 aromatic heterocycles. The van der Waals surface area contributed by atoms with Gasteiger partial charge in [-0.25, -0.2) is 17.2 Å². The maximum atomic E-state index is 13.5. The Balaban J connectivity index is 2.24. The van der Waals surface area contributed by atoms with Crippen molar-refractivity contribution in [2.24, 2.45) is 0 Å². The fraction of sp³-hybridized carbons (Fsp3) is 0.364. The molecule has 8 heteroatoms. The summed E-state index contributed by atoms with van der Waals surface area (Å²) in [6, 6.07) is 1.47. The predicted molar refractivity (Wildman–Crippen MR) is 65.3 cm³/mol. The molecule has 19 heavy (non-hydrogen) atoms. The molecule has 1 heterocycles. The molecule has 0 atom stereocenters. The summed E-state index contributed by atoms with van der Waals surface area (Å²) >= 11 is 0. The molecule has 0 radical (unpaired) electrons. The number of rotatable bonds is 1. The van der Waals surface area contributed by atoms with Crippen LogP contribution in [0.15, 0.2) is 12.1 Å². The number of hydrogen-bond donors (Lipinski definition) is 1. The SMILES string of the molecule is Nc1cc(C(=O)N2CCS(=O)(=O)CC2)c(F)cc1F. The minimum atomic E-state index is -3.13.